The number of aryl methyl sites for hydroxylation is 1. The van der Waals surface area contributed by atoms with E-state index in [4.69, 9.17) is 5.73 Å². The molecule has 32 heavy (non-hydrogen) atoms. The van der Waals surface area contributed by atoms with Gasteiger partial charge in [0.15, 0.2) is 11.2 Å². The van der Waals surface area contributed by atoms with Gasteiger partial charge in [0, 0.05) is 60.6 Å². The number of pyridine rings is 1. The number of nitrogen functional groups attached to an aromatic ring is 1. The average molecular weight is 433 g/mol. The van der Waals surface area contributed by atoms with Gasteiger partial charge in [0.25, 0.3) is 0 Å². The zero-order valence-electron chi connectivity index (χ0n) is 18.4. The van der Waals surface area contributed by atoms with Crippen LogP contribution in [0, 0.1) is 12.7 Å². The van der Waals surface area contributed by atoms with Crippen molar-refractivity contribution >= 4 is 22.3 Å². The van der Waals surface area contributed by atoms with Crippen molar-refractivity contribution in [1.82, 2.24) is 9.47 Å². The van der Waals surface area contributed by atoms with Crippen LogP contribution in [0.4, 0.5) is 15.8 Å². The van der Waals surface area contributed by atoms with Crippen LogP contribution < -0.4 is 16.1 Å². The van der Waals surface area contributed by atoms with Crippen molar-refractivity contribution in [3.05, 3.63) is 69.8 Å². The van der Waals surface area contributed by atoms with E-state index in [0.29, 0.717) is 40.3 Å². The molecule has 3 aliphatic rings. The third-order valence-corrected chi connectivity index (χ3v) is 7.55. The van der Waals surface area contributed by atoms with Gasteiger partial charge in [-0.3, -0.25) is 9.69 Å². The molecule has 2 aliphatic heterocycles. The first-order chi connectivity index (χ1) is 15.5. The largest absolute Gasteiger partial charge is 0.399 e. The Bertz CT molecular complexity index is 1230. The molecule has 1 aliphatic carbocycles. The number of piperazine rings is 1. The molecule has 1 aromatic heterocycles. The van der Waals surface area contributed by atoms with Crippen molar-refractivity contribution in [2.45, 2.75) is 57.3 Å². The molecule has 2 atom stereocenters. The lowest BCUT2D eigenvalue weighted by Gasteiger charge is -2.42. The van der Waals surface area contributed by atoms with Gasteiger partial charge in [-0.25, -0.2) is 4.39 Å². The number of fused-ring (bicyclic) bond motifs is 3. The molecule has 3 fully saturated rings. The molecule has 166 valence electrons. The van der Waals surface area contributed by atoms with Gasteiger partial charge in [-0.15, -0.1) is 0 Å². The van der Waals surface area contributed by atoms with Crippen molar-refractivity contribution in [2.24, 2.45) is 0 Å². The van der Waals surface area contributed by atoms with E-state index in [1.807, 2.05) is 42.0 Å². The number of hydrogen-bond donors (Lipinski definition) is 1. The maximum atomic E-state index is 15.9. The van der Waals surface area contributed by atoms with Gasteiger partial charge in [-0.2, -0.15) is 0 Å². The third-order valence-electron chi connectivity index (χ3n) is 7.55. The SMILES string of the molecule is Cc1cn(C2CC2)c2c(F)c(N3CC4CCC(C3)N4Cc3ccc(N)cc3)ccc2c1=O. The number of hydrogen-bond acceptors (Lipinski definition) is 4. The summed E-state index contributed by atoms with van der Waals surface area (Å²) in [5, 5.41) is 0.503. The Kier molecular flexibility index (Phi) is 4.54. The topological polar surface area (TPSA) is 54.5 Å². The van der Waals surface area contributed by atoms with Crippen LogP contribution in [0.15, 0.2) is 47.4 Å². The fraction of sp³-hybridized carbons (Fsp3) is 0.423. The van der Waals surface area contributed by atoms with Crippen molar-refractivity contribution in [3.63, 3.8) is 0 Å². The smallest absolute Gasteiger partial charge is 0.192 e. The van der Waals surface area contributed by atoms with Gasteiger partial charge in [0.2, 0.25) is 0 Å². The molecular formula is C26H29FN4O. The minimum absolute atomic E-state index is 0.0595. The monoisotopic (exact) mass is 432 g/mol. The van der Waals surface area contributed by atoms with Gasteiger partial charge < -0.3 is 15.2 Å². The summed E-state index contributed by atoms with van der Waals surface area (Å²) in [6.45, 7) is 4.36. The number of rotatable bonds is 4. The predicted octanol–water partition coefficient (Wildman–Crippen LogP) is 4.22. The maximum absolute atomic E-state index is 15.9. The predicted molar refractivity (Wildman–Crippen MR) is 127 cm³/mol. The van der Waals surface area contributed by atoms with Crippen LogP contribution in [0.3, 0.4) is 0 Å². The summed E-state index contributed by atoms with van der Waals surface area (Å²) < 4.78 is 18.0. The van der Waals surface area contributed by atoms with Crippen LogP contribution >= 0.6 is 0 Å². The summed E-state index contributed by atoms with van der Waals surface area (Å²) in [5.41, 5.74) is 9.64. The van der Waals surface area contributed by atoms with Crippen LogP contribution in [0.25, 0.3) is 10.9 Å². The van der Waals surface area contributed by atoms with Gasteiger partial charge in [0.1, 0.15) is 0 Å². The van der Waals surface area contributed by atoms with E-state index in [9.17, 15) is 4.79 Å². The Morgan fingerprint density at radius 2 is 1.62 bits per heavy atom. The minimum atomic E-state index is -0.238. The van der Waals surface area contributed by atoms with Gasteiger partial charge in [0.05, 0.1) is 11.2 Å². The first-order valence-corrected chi connectivity index (χ1v) is 11.7. The molecule has 2 N–H and O–H groups in total. The molecule has 3 heterocycles. The fourth-order valence-corrected chi connectivity index (χ4v) is 5.70. The van der Waals surface area contributed by atoms with E-state index in [1.54, 1.807) is 0 Å². The second kappa shape index (κ2) is 7.34. The highest BCUT2D eigenvalue weighted by Gasteiger charge is 2.40. The van der Waals surface area contributed by atoms with E-state index >= 15 is 4.39 Å². The summed E-state index contributed by atoms with van der Waals surface area (Å²) in [6.07, 6.45) is 6.22. The van der Waals surface area contributed by atoms with Gasteiger partial charge in [-0.1, -0.05) is 12.1 Å². The molecule has 5 nitrogen and oxygen atoms in total. The Balaban J connectivity index is 1.32. The Hall–Kier alpha value is -2.86. The normalized spacial score (nSPS) is 23.2. The molecule has 3 aromatic rings. The number of nitrogens with two attached hydrogens (primary N) is 1. The molecule has 2 unspecified atom stereocenters. The molecule has 2 bridgehead atoms. The molecule has 0 amide bonds. The number of aromatic nitrogens is 1. The number of anilines is 2. The number of halogens is 1. The zero-order valence-corrected chi connectivity index (χ0v) is 18.4. The Morgan fingerprint density at radius 3 is 2.28 bits per heavy atom. The second-order valence-corrected chi connectivity index (χ2v) is 9.78. The van der Waals surface area contributed by atoms with Crippen LogP contribution in [0.1, 0.15) is 42.9 Å². The standard InChI is InChI=1S/C26H29FN4O/c1-16-12-31(19-6-7-19)25-22(26(16)32)10-11-23(24(25)27)29-14-20-8-9-21(15-29)30(20)13-17-2-4-18(28)5-3-17/h2-5,10-12,19-21H,6-9,13-15,28H2,1H3. The number of benzene rings is 2. The first kappa shape index (κ1) is 19.8. The van der Waals surface area contributed by atoms with Crippen LogP contribution in [0.5, 0.6) is 0 Å². The van der Waals surface area contributed by atoms with Crippen LogP contribution in [0.2, 0.25) is 0 Å². The number of nitrogens with zero attached hydrogens (tertiary/aromatic N) is 3. The molecule has 6 rings (SSSR count). The van der Waals surface area contributed by atoms with E-state index < -0.39 is 0 Å². The summed E-state index contributed by atoms with van der Waals surface area (Å²) in [7, 11) is 0. The molecular weight excluding hydrogens is 403 g/mol. The van der Waals surface area contributed by atoms with E-state index in [1.165, 1.54) is 5.56 Å². The summed E-state index contributed by atoms with van der Waals surface area (Å²) >= 11 is 0. The quantitative estimate of drug-likeness (QED) is 0.628. The van der Waals surface area contributed by atoms with Gasteiger partial charge >= 0.3 is 0 Å². The van der Waals surface area contributed by atoms with E-state index in [-0.39, 0.29) is 11.2 Å². The molecule has 2 aromatic carbocycles. The summed E-state index contributed by atoms with van der Waals surface area (Å²) in [4.78, 5) is 17.5. The lowest BCUT2D eigenvalue weighted by molar-refractivity contribution is 0.160. The average Bonchev–Trinajstić information content (AvgIpc) is 3.59. The fourth-order valence-electron chi connectivity index (χ4n) is 5.70. The molecule has 0 spiro atoms. The third kappa shape index (κ3) is 3.20. The lowest BCUT2D eigenvalue weighted by atomic mass is 10.1. The Morgan fingerprint density at radius 1 is 0.969 bits per heavy atom. The summed E-state index contributed by atoms with van der Waals surface area (Å²) in [6, 6.07) is 12.9. The Labute approximate surface area is 187 Å². The van der Waals surface area contributed by atoms with Gasteiger partial charge in [-0.05, 0) is 62.4 Å². The summed E-state index contributed by atoms with van der Waals surface area (Å²) in [5.74, 6) is -0.238. The van der Waals surface area contributed by atoms with Crippen molar-refractivity contribution in [3.8, 4) is 0 Å². The molecule has 0 radical (unpaired) electrons. The van der Waals surface area contributed by atoms with Crippen molar-refractivity contribution in [1.29, 1.82) is 0 Å². The maximum Gasteiger partial charge on any atom is 0.192 e. The van der Waals surface area contributed by atoms with Crippen LogP contribution in [-0.4, -0.2) is 34.6 Å². The minimum Gasteiger partial charge on any atom is -0.399 e. The zero-order chi connectivity index (χ0) is 22.0. The molecule has 2 saturated heterocycles. The van der Waals surface area contributed by atoms with Crippen LogP contribution in [-0.2, 0) is 6.54 Å². The van der Waals surface area contributed by atoms with Crippen molar-refractivity contribution in [2.75, 3.05) is 23.7 Å². The molecule has 6 heteroatoms. The van der Waals surface area contributed by atoms with Crippen molar-refractivity contribution < 1.29 is 4.39 Å². The van der Waals surface area contributed by atoms with E-state index in [0.717, 1.165) is 51.0 Å². The molecule has 1 saturated carbocycles. The first-order valence-electron chi connectivity index (χ1n) is 11.7. The highest BCUT2D eigenvalue weighted by atomic mass is 19.1. The highest BCUT2D eigenvalue weighted by Crippen LogP contribution is 2.40. The van der Waals surface area contributed by atoms with E-state index in [2.05, 4.69) is 21.9 Å². The highest BCUT2D eigenvalue weighted by molar-refractivity contribution is 5.84. The lowest BCUT2D eigenvalue weighted by Crippen LogP contribution is -2.53. The second-order valence-electron chi connectivity index (χ2n) is 9.78.